The number of carbonyl (C=O) groups excluding carboxylic acids is 1. The van der Waals surface area contributed by atoms with E-state index in [0.29, 0.717) is 23.0 Å². The van der Waals surface area contributed by atoms with Crippen molar-refractivity contribution < 1.29 is 14.3 Å². The lowest BCUT2D eigenvalue weighted by Crippen LogP contribution is -2.16. The van der Waals surface area contributed by atoms with Gasteiger partial charge in [0.05, 0.1) is 32.3 Å². The number of amides is 1. The van der Waals surface area contributed by atoms with Gasteiger partial charge in [-0.1, -0.05) is 17.7 Å². The molecule has 0 saturated carbocycles. The molecule has 0 aliphatic carbocycles. The van der Waals surface area contributed by atoms with Crippen LogP contribution in [-0.4, -0.2) is 30.1 Å². The second kappa shape index (κ2) is 8.60. The Morgan fingerprint density at radius 3 is 2.24 bits per heavy atom. The first-order valence-electron chi connectivity index (χ1n) is 9.11. The van der Waals surface area contributed by atoms with Crippen molar-refractivity contribution in [2.45, 2.75) is 20.8 Å². The predicted octanol–water partition coefficient (Wildman–Crippen LogP) is 4.41. The smallest absolute Gasteiger partial charge is 0.275 e. The number of ether oxygens (including phenoxy) is 2. The van der Waals surface area contributed by atoms with Crippen molar-refractivity contribution in [1.29, 1.82) is 0 Å². The molecule has 0 radical (unpaired) electrons. The molecule has 0 atom stereocenters. The number of rotatable bonds is 6. The molecule has 0 bridgehead atoms. The summed E-state index contributed by atoms with van der Waals surface area (Å²) < 4.78 is 10.6. The Morgan fingerprint density at radius 1 is 0.931 bits per heavy atom. The molecule has 1 heterocycles. The van der Waals surface area contributed by atoms with Crippen LogP contribution in [0.5, 0.6) is 11.5 Å². The normalized spacial score (nSPS) is 10.4. The number of aryl methyl sites for hydroxylation is 3. The highest BCUT2D eigenvalue weighted by Crippen LogP contribution is 2.30. The fourth-order valence-corrected chi connectivity index (χ4v) is 3.10. The van der Waals surface area contributed by atoms with Gasteiger partial charge in [0.25, 0.3) is 5.91 Å². The third-order valence-electron chi connectivity index (χ3n) is 4.47. The Labute approximate surface area is 170 Å². The Balaban J connectivity index is 1.74. The Hall–Kier alpha value is -3.61. The fraction of sp³-hybridized carbons (Fsp3) is 0.227. The lowest BCUT2D eigenvalue weighted by molar-refractivity contribution is 0.102. The molecule has 0 saturated heterocycles. The fourth-order valence-electron chi connectivity index (χ4n) is 3.10. The number of methoxy groups -OCH3 is 2. The van der Waals surface area contributed by atoms with Crippen LogP contribution in [0.15, 0.2) is 42.7 Å². The van der Waals surface area contributed by atoms with Gasteiger partial charge < -0.3 is 20.1 Å². The summed E-state index contributed by atoms with van der Waals surface area (Å²) in [5, 5.41) is 6.06. The summed E-state index contributed by atoms with van der Waals surface area (Å²) in [6.45, 7) is 5.97. The number of anilines is 3. The minimum Gasteiger partial charge on any atom is -0.497 e. The lowest BCUT2D eigenvalue weighted by Gasteiger charge is -2.13. The summed E-state index contributed by atoms with van der Waals surface area (Å²) in [7, 11) is 3.17. The molecule has 29 heavy (non-hydrogen) atoms. The molecule has 0 fully saturated rings. The van der Waals surface area contributed by atoms with E-state index in [1.807, 2.05) is 45.0 Å². The van der Waals surface area contributed by atoms with Crippen LogP contribution in [0.4, 0.5) is 17.2 Å². The van der Waals surface area contributed by atoms with Crippen molar-refractivity contribution in [2.75, 3.05) is 24.9 Å². The van der Waals surface area contributed by atoms with Crippen LogP contribution in [0.1, 0.15) is 27.2 Å². The summed E-state index contributed by atoms with van der Waals surface area (Å²) in [6.07, 6.45) is 2.94. The molecule has 150 valence electrons. The number of benzene rings is 2. The van der Waals surface area contributed by atoms with Crippen LogP contribution in [-0.2, 0) is 0 Å². The Kier molecular flexibility index (Phi) is 5.97. The number of hydrogen-bond acceptors (Lipinski definition) is 6. The average Bonchev–Trinajstić information content (AvgIpc) is 2.71. The molecule has 3 rings (SSSR count). The number of aromatic nitrogens is 2. The molecule has 0 aliphatic rings. The molecule has 7 nitrogen and oxygen atoms in total. The van der Waals surface area contributed by atoms with Gasteiger partial charge >= 0.3 is 0 Å². The zero-order valence-electron chi connectivity index (χ0n) is 17.2. The van der Waals surface area contributed by atoms with E-state index < -0.39 is 0 Å². The average molecular weight is 392 g/mol. The zero-order chi connectivity index (χ0) is 21.0. The minimum atomic E-state index is -0.305. The van der Waals surface area contributed by atoms with Crippen molar-refractivity contribution in [2.24, 2.45) is 0 Å². The van der Waals surface area contributed by atoms with Crippen LogP contribution >= 0.6 is 0 Å². The van der Waals surface area contributed by atoms with E-state index in [-0.39, 0.29) is 11.6 Å². The highest BCUT2D eigenvalue weighted by Gasteiger charge is 2.13. The minimum absolute atomic E-state index is 0.233. The molecule has 0 spiro atoms. The number of nitrogens with zero attached hydrogens (tertiary/aromatic N) is 2. The van der Waals surface area contributed by atoms with Crippen molar-refractivity contribution in [3.05, 3.63) is 65.1 Å². The van der Waals surface area contributed by atoms with E-state index in [4.69, 9.17) is 9.47 Å². The molecule has 2 aromatic carbocycles. The Bertz CT molecular complexity index is 1010. The first-order chi connectivity index (χ1) is 13.9. The quantitative estimate of drug-likeness (QED) is 0.646. The van der Waals surface area contributed by atoms with Crippen molar-refractivity contribution >= 4 is 23.1 Å². The van der Waals surface area contributed by atoms with Crippen molar-refractivity contribution in [1.82, 2.24) is 9.97 Å². The van der Waals surface area contributed by atoms with Gasteiger partial charge in [-0.3, -0.25) is 4.79 Å². The summed E-state index contributed by atoms with van der Waals surface area (Å²) in [6, 6.07) is 9.46. The highest BCUT2D eigenvalue weighted by molar-refractivity contribution is 6.03. The monoisotopic (exact) mass is 392 g/mol. The predicted molar refractivity (Wildman–Crippen MR) is 113 cm³/mol. The topological polar surface area (TPSA) is 85.4 Å². The molecule has 1 amide bonds. The lowest BCUT2D eigenvalue weighted by atomic mass is 10.1. The van der Waals surface area contributed by atoms with E-state index in [1.165, 1.54) is 12.4 Å². The maximum Gasteiger partial charge on any atom is 0.275 e. The van der Waals surface area contributed by atoms with Crippen molar-refractivity contribution in [3.63, 3.8) is 0 Å². The molecule has 0 aliphatic heterocycles. The number of carbonyl (C=O) groups is 1. The zero-order valence-corrected chi connectivity index (χ0v) is 17.2. The van der Waals surface area contributed by atoms with Gasteiger partial charge in [0.1, 0.15) is 23.0 Å². The maximum atomic E-state index is 12.6. The van der Waals surface area contributed by atoms with Gasteiger partial charge in [-0.25, -0.2) is 9.97 Å². The first-order valence-corrected chi connectivity index (χ1v) is 9.11. The maximum absolute atomic E-state index is 12.6. The van der Waals surface area contributed by atoms with E-state index >= 15 is 0 Å². The van der Waals surface area contributed by atoms with Gasteiger partial charge in [-0.05, 0) is 44.0 Å². The third-order valence-corrected chi connectivity index (χ3v) is 4.47. The molecule has 7 heteroatoms. The molecule has 0 unspecified atom stereocenters. The second-order valence-corrected chi connectivity index (χ2v) is 6.71. The van der Waals surface area contributed by atoms with E-state index in [9.17, 15) is 4.79 Å². The van der Waals surface area contributed by atoms with Gasteiger partial charge in [-0.15, -0.1) is 0 Å². The molecular weight excluding hydrogens is 368 g/mol. The Morgan fingerprint density at radius 2 is 1.66 bits per heavy atom. The van der Waals surface area contributed by atoms with Gasteiger partial charge in [0.2, 0.25) is 0 Å². The van der Waals surface area contributed by atoms with Crippen molar-refractivity contribution in [3.8, 4) is 11.5 Å². The van der Waals surface area contributed by atoms with Crippen LogP contribution in [0, 0.1) is 20.8 Å². The molecule has 1 aromatic heterocycles. The van der Waals surface area contributed by atoms with E-state index in [2.05, 4.69) is 20.6 Å². The standard InChI is InChI=1S/C22H24N4O3/c1-13-8-14(2)21(15(3)9-13)26-22(27)18-11-24-20(12-23-18)25-17-7-6-16(28-4)10-19(17)29-5/h6-12H,1-5H3,(H,24,25)(H,26,27). The highest BCUT2D eigenvalue weighted by atomic mass is 16.5. The SMILES string of the molecule is COc1ccc(Nc2cnc(C(=O)Nc3c(C)cc(C)cc3C)cn2)c(OC)c1. The second-order valence-electron chi connectivity index (χ2n) is 6.71. The summed E-state index contributed by atoms with van der Waals surface area (Å²) >= 11 is 0. The van der Waals surface area contributed by atoms with Gasteiger partial charge in [0.15, 0.2) is 0 Å². The largest absolute Gasteiger partial charge is 0.497 e. The summed E-state index contributed by atoms with van der Waals surface area (Å²) in [5.41, 5.74) is 4.92. The van der Waals surface area contributed by atoms with Crippen LogP contribution in [0.3, 0.4) is 0 Å². The van der Waals surface area contributed by atoms with Crippen LogP contribution in [0.2, 0.25) is 0 Å². The van der Waals surface area contributed by atoms with Gasteiger partial charge in [-0.2, -0.15) is 0 Å². The van der Waals surface area contributed by atoms with Crippen LogP contribution in [0.25, 0.3) is 0 Å². The number of nitrogens with one attached hydrogen (secondary N) is 2. The third kappa shape index (κ3) is 4.63. The molecule has 2 N–H and O–H groups in total. The van der Waals surface area contributed by atoms with Crippen LogP contribution < -0.4 is 20.1 Å². The summed E-state index contributed by atoms with van der Waals surface area (Å²) in [4.78, 5) is 21.1. The van der Waals surface area contributed by atoms with E-state index in [1.54, 1.807) is 20.3 Å². The molecular formula is C22H24N4O3. The van der Waals surface area contributed by atoms with Gasteiger partial charge in [0, 0.05) is 11.8 Å². The summed E-state index contributed by atoms with van der Waals surface area (Å²) in [5.74, 6) is 1.49. The first kappa shape index (κ1) is 20.1. The molecule has 3 aromatic rings. The van der Waals surface area contributed by atoms with E-state index in [0.717, 1.165) is 22.4 Å². The number of hydrogen-bond donors (Lipinski definition) is 2.